The Bertz CT molecular complexity index is 624. The monoisotopic (exact) mass is 314 g/mol. The van der Waals surface area contributed by atoms with Crippen molar-refractivity contribution in [1.29, 1.82) is 0 Å². The van der Waals surface area contributed by atoms with E-state index < -0.39 is 15.4 Å². The van der Waals surface area contributed by atoms with Gasteiger partial charge in [0.25, 0.3) is 0 Å². The Morgan fingerprint density at radius 1 is 1.38 bits per heavy atom. The van der Waals surface area contributed by atoms with Crippen LogP contribution in [-0.4, -0.2) is 21.4 Å². The zero-order valence-electron chi connectivity index (χ0n) is 12.8. The van der Waals surface area contributed by atoms with Crippen molar-refractivity contribution in [1.82, 2.24) is 5.32 Å². The highest BCUT2D eigenvalue weighted by Crippen LogP contribution is 2.23. The van der Waals surface area contributed by atoms with Gasteiger partial charge < -0.3 is 10.1 Å². The number of methoxy groups -OCH3 is 1. The minimum absolute atomic E-state index is 0.0118. The van der Waals surface area contributed by atoms with Crippen LogP contribution in [0.5, 0.6) is 5.75 Å². The SMILES string of the molecule is CCC(C)(C)C(=O)NCc1cc(S(N)(=O)=O)ccc1OC. The second kappa shape index (κ2) is 6.44. The lowest BCUT2D eigenvalue weighted by atomic mass is 9.89. The van der Waals surface area contributed by atoms with E-state index in [4.69, 9.17) is 9.88 Å². The van der Waals surface area contributed by atoms with Crippen molar-refractivity contribution >= 4 is 15.9 Å². The number of hydrogen-bond donors (Lipinski definition) is 2. The lowest BCUT2D eigenvalue weighted by molar-refractivity contribution is -0.129. The fraction of sp³-hybridized carbons (Fsp3) is 0.500. The van der Waals surface area contributed by atoms with E-state index in [1.165, 1.54) is 25.3 Å². The maximum Gasteiger partial charge on any atom is 0.238 e. The summed E-state index contributed by atoms with van der Waals surface area (Å²) in [6.45, 7) is 5.80. The molecule has 1 amide bonds. The van der Waals surface area contributed by atoms with Gasteiger partial charge in [0.05, 0.1) is 12.0 Å². The first-order chi connectivity index (χ1) is 9.61. The van der Waals surface area contributed by atoms with Crippen LogP contribution in [0.15, 0.2) is 23.1 Å². The second-order valence-electron chi connectivity index (χ2n) is 5.44. The molecule has 118 valence electrons. The van der Waals surface area contributed by atoms with Crippen molar-refractivity contribution in [2.45, 2.75) is 38.6 Å². The summed E-state index contributed by atoms with van der Waals surface area (Å²) in [7, 11) is -2.31. The number of benzene rings is 1. The fourth-order valence-corrected chi connectivity index (χ4v) is 2.21. The van der Waals surface area contributed by atoms with E-state index in [0.717, 1.165) is 0 Å². The number of carbonyl (C=O) groups is 1. The van der Waals surface area contributed by atoms with Gasteiger partial charge in [-0.3, -0.25) is 4.79 Å². The van der Waals surface area contributed by atoms with Crippen LogP contribution in [0.3, 0.4) is 0 Å². The van der Waals surface area contributed by atoms with E-state index in [-0.39, 0.29) is 17.3 Å². The van der Waals surface area contributed by atoms with E-state index in [0.29, 0.717) is 17.7 Å². The van der Waals surface area contributed by atoms with Gasteiger partial charge in [0.2, 0.25) is 15.9 Å². The number of hydrogen-bond acceptors (Lipinski definition) is 4. The Balaban J connectivity index is 2.99. The summed E-state index contributed by atoms with van der Waals surface area (Å²) in [4.78, 5) is 12.0. The fourth-order valence-electron chi connectivity index (χ4n) is 1.65. The molecule has 0 saturated carbocycles. The lowest BCUT2D eigenvalue weighted by Gasteiger charge is -2.22. The highest BCUT2D eigenvalue weighted by molar-refractivity contribution is 7.89. The average Bonchev–Trinajstić information content (AvgIpc) is 2.43. The van der Waals surface area contributed by atoms with Gasteiger partial charge in [0, 0.05) is 17.5 Å². The molecule has 0 radical (unpaired) electrons. The highest BCUT2D eigenvalue weighted by Gasteiger charge is 2.25. The summed E-state index contributed by atoms with van der Waals surface area (Å²) < 4.78 is 27.9. The number of sulfonamides is 1. The second-order valence-corrected chi connectivity index (χ2v) is 7.00. The molecule has 0 unspecified atom stereocenters. The summed E-state index contributed by atoms with van der Waals surface area (Å²) in [5.74, 6) is 0.394. The van der Waals surface area contributed by atoms with Crippen LogP contribution in [0.1, 0.15) is 32.8 Å². The van der Waals surface area contributed by atoms with Gasteiger partial charge in [-0.15, -0.1) is 0 Å². The quantitative estimate of drug-likeness (QED) is 0.829. The Morgan fingerprint density at radius 3 is 2.48 bits per heavy atom. The molecule has 0 heterocycles. The summed E-state index contributed by atoms with van der Waals surface area (Å²) in [6.07, 6.45) is 0.702. The first kappa shape index (κ1) is 17.5. The third-order valence-electron chi connectivity index (χ3n) is 3.52. The summed E-state index contributed by atoms with van der Waals surface area (Å²) in [6, 6.07) is 4.30. The van der Waals surface area contributed by atoms with Gasteiger partial charge in [0.15, 0.2) is 0 Å². The predicted molar refractivity (Wildman–Crippen MR) is 80.3 cm³/mol. The van der Waals surface area contributed by atoms with Crippen molar-refractivity contribution in [2.75, 3.05) is 7.11 Å². The van der Waals surface area contributed by atoms with Gasteiger partial charge >= 0.3 is 0 Å². The van der Waals surface area contributed by atoms with Crippen molar-refractivity contribution in [3.05, 3.63) is 23.8 Å². The van der Waals surface area contributed by atoms with Crippen LogP contribution in [0, 0.1) is 5.41 Å². The standard InChI is InChI=1S/C14H22N2O4S/c1-5-14(2,3)13(17)16-9-10-8-11(21(15,18)19)6-7-12(10)20-4/h6-8H,5,9H2,1-4H3,(H,16,17)(H2,15,18,19). The highest BCUT2D eigenvalue weighted by atomic mass is 32.2. The molecule has 0 aliphatic rings. The molecule has 0 saturated heterocycles. The van der Waals surface area contributed by atoms with Crippen LogP contribution >= 0.6 is 0 Å². The van der Waals surface area contributed by atoms with Gasteiger partial charge in [-0.2, -0.15) is 0 Å². The van der Waals surface area contributed by atoms with Crippen LogP contribution in [0.2, 0.25) is 0 Å². The molecule has 1 aromatic rings. The minimum Gasteiger partial charge on any atom is -0.496 e. The Morgan fingerprint density at radius 2 is 2.00 bits per heavy atom. The van der Waals surface area contributed by atoms with E-state index in [9.17, 15) is 13.2 Å². The van der Waals surface area contributed by atoms with Crippen molar-refractivity contribution in [3.63, 3.8) is 0 Å². The van der Waals surface area contributed by atoms with Crippen molar-refractivity contribution in [3.8, 4) is 5.75 Å². The molecule has 1 rings (SSSR count). The topological polar surface area (TPSA) is 98.5 Å². The van der Waals surface area contributed by atoms with Crippen LogP contribution in [0.25, 0.3) is 0 Å². The number of carbonyl (C=O) groups excluding carboxylic acids is 1. The van der Waals surface area contributed by atoms with Gasteiger partial charge in [0.1, 0.15) is 5.75 Å². The molecule has 0 spiro atoms. The van der Waals surface area contributed by atoms with E-state index in [2.05, 4.69) is 5.32 Å². The summed E-state index contributed by atoms with van der Waals surface area (Å²) >= 11 is 0. The normalized spacial score (nSPS) is 12.0. The largest absolute Gasteiger partial charge is 0.496 e. The molecule has 21 heavy (non-hydrogen) atoms. The van der Waals surface area contributed by atoms with E-state index in [1.54, 1.807) is 0 Å². The summed E-state index contributed by atoms with van der Waals surface area (Å²) in [5, 5.41) is 7.90. The maximum atomic E-state index is 12.1. The molecule has 0 bridgehead atoms. The minimum atomic E-state index is -3.79. The number of ether oxygens (including phenoxy) is 1. The van der Waals surface area contributed by atoms with E-state index >= 15 is 0 Å². The molecule has 3 N–H and O–H groups in total. The van der Waals surface area contributed by atoms with E-state index in [1.807, 2.05) is 20.8 Å². The van der Waals surface area contributed by atoms with Gasteiger partial charge in [-0.1, -0.05) is 20.8 Å². The predicted octanol–water partition coefficient (Wildman–Crippen LogP) is 1.40. The number of rotatable bonds is 6. The molecule has 0 aliphatic heterocycles. The molecule has 0 atom stereocenters. The molecule has 7 heteroatoms. The molecule has 0 aromatic heterocycles. The smallest absolute Gasteiger partial charge is 0.238 e. The number of nitrogens with two attached hydrogens (primary N) is 1. The molecular formula is C14H22N2O4S. The average molecular weight is 314 g/mol. The number of amides is 1. The third-order valence-corrected chi connectivity index (χ3v) is 4.43. The molecular weight excluding hydrogens is 292 g/mol. The maximum absolute atomic E-state index is 12.1. The Kier molecular flexibility index (Phi) is 5.36. The van der Waals surface area contributed by atoms with Crippen molar-refractivity contribution < 1.29 is 17.9 Å². The summed E-state index contributed by atoms with van der Waals surface area (Å²) in [5.41, 5.74) is 0.0782. The first-order valence-electron chi connectivity index (χ1n) is 6.60. The Labute approximate surface area is 125 Å². The van der Waals surface area contributed by atoms with Crippen LogP contribution in [0.4, 0.5) is 0 Å². The molecule has 0 fully saturated rings. The zero-order chi connectivity index (χ0) is 16.3. The van der Waals surface area contributed by atoms with Crippen LogP contribution in [-0.2, 0) is 21.4 Å². The Hall–Kier alpha value is -1.60. The molecule has 6 nitrogen and oxygen atoms in total. The van der Waals surface area contributed by atoms with Crippen molar-refractivity contribution in [2.24, 2.45) is 10.6 Å². The number of primary sulfonamides is 1. The lowest BCUT2D eigenvalue weighted by Crippen LogP contribution is -2.36. The molecule has 1 aromatic carbocycles. The van der Waals surface area contributed by atoms with Crippen LogP contribution < -0.4 is 15.2 Å². The third kappa shape index (κ3) is 4.44. The molecule has 0 aliphatic carbocycles. The zero-order valence-corrected chi connectivity index (χ0v) is 13.6. The van der Waals surface area contributed by atoms with Gasteiger partial charge in [-0.05, 0) is 24.6 Å². The first-order valence-corrected chi connectivity index (χ1v) is 8.14. The van der Waals surface area contributed by atoms with Gasteiger partial charge in [-0.25, -0.2) is 13.6 Å². The number of nitrogens with one attached hydrogen (secondary N) is 1.